The second-order valence-electron chi connectivity index (χ2n) is 3.80. The largest absolute Gasteiger partial charge is 0.496 e. The van der Waals surface area contributed by atoms with E-state index < -0.39 is 5.82 Å². The van der Waals surface area contributed by atoms with Gasteiger partial charge in [0, 0.05) is 10.0 Å². The molecule has 0 radical (unpaired) electrons. The van der Waals surface area contributed by atoms with E-state index in [0.717, 1.165) is 10.5 Å². The average Bonchev–Trinajstić information content (AvgIpc) is 2.41. The van der Waals surface area contributed by atoms with Gasteiger partial charge in [0.2, 0.25) is 0 Å². The van der Waals surface area contributed by atoms with Crippen LogP contribution >= 0.6 is 27.5 Å². The Balaban J connectivity index is 2.49. The lowest BCUT2D eigenvalue weighted by Crippen LogP contribution is -2.04. The van der Waals surface area contributed by atoms with Crippen LogP contribution in [-0.4, -0.2) is 12.9 Å². The average molecular weight is 344 g/mol. The molecule has 0 saturated heterocycles. The zero-order valence-electron chi connectivity index (χ0n) is 9.91. The Labute approximate surface area is 123 Å². The maximum atomic E-state index is 13.4. The molecule has 2 nitrogen and oxygen atoms in total. The summed E-state index contributed by atoms with van der Waals surface area (Å²) in [4.78, 5) is 12.3. The molecule has 0 atom stereocenters. The summed E-state index contributed by atoms with van der Waals surface area (Å²) in [5.74, 6) is -0.515. The normalized spacial score (nSPS) is 10.3. The first-order valence-corrected chi connectivity index (χ1v) is 6.53. The van der Waals surface area contributed by atoms with E-state index in [1.54, 1.807) is 18.2 Å². The molecule has 0 aliphatic carbocycles. The highest BCUT2D eigenvalue weighted by Gasteiger charge is 2.16. The van der Waals surface area contributed by atoms with Crippen LogP contribution in [0, 0.1) is 5.82 Å². The lowest BCUT2D eigenvalue weighted by Gasteiger charge is -2.08. The van der Waals surface area contributed by atoms with Gasteiger partial charge in [-0.1, -0.05) is 27.5 Å². The molecular formula is C14H9BrClFO2. The number of benzene rings is 2. The minimum absolute atomic E-state index is 0.0160. The Bertz CT molecular complexity index is 643. The van der Waals surface area contributed by atoms with Crippen molar-refractivity contribution in [3.8, 4) is 5.75 Å². The molecule has 0 amide bonds. The Morgan fingerprint density at radius 1 is 1.26 bits per heavy atom. The SMILES string of the molecule is COc1ccc(Br)cc1C(=O)c1ccc(Cl)c(F)c1. The van der Waals surface area contributed by atoms with Crippen LogP contribution in [-0.2, 0) is 0 Å². The van der Waals surface area contributed by atoms with Gasteiger partial charge in [-0.3, -0.25) is 4.79 Å². The van der Waals surface area contributed by atoms with Crippen LogP contribution in [0.1, 0.15) is 15.9 Å². The van der Waals surface area contributed by atoms with Crippen LogP contribution in [0.25, 0.3) is 0 Å². The van der Waals surface area contributed by atoms with E-state index in [4.69, 9.17) is 16.3 Å². The number of ether oxygens (including phenoxy) is 1. The van der Waals surface area contributed by atoms with Gasteiger partial charge in [-0.25, -0.2) is 4.39 Å². The van der Waals surface area contributed by atoms with Crippen LogP contribution in [0.3, 0.4) is 0 Å². The van der Waals surface area contributed by atoms with Gasteiger partial charge in [-0.05, 0) is 36.4 Å². The first kappa shape index (κ1) is 14.0. The number of hydrogen-bond acceptors (Lipinski definition) is 2. The fourth-order valence-electron chi connectivity index (χ4n) is 1.65. The number of hydrogen-bond donors (Lipinski definition) is 0. The third-order valence-corrected chi connectivity index (χ3v) is 3.39. The minimum Gasteiger partial charge on any atom is -0.496 e. The molecule has 2 aromatic carbocycles. The van der Waals surface area contributed by atoms with Crippen LogP contribution in [0.2, 0.25) is 5.02 Å². The van der Waals surface area contributed by atoms with Crippen molar-refractivity contribution in [3.05, 3.63) is 62.8 Å². The molecule has 0 aromatic heterocycles. The van der Waals surface area contributed by atoms with Crippen LogP contribution in [0.5, 0.6) is 5.75 Å². The van der Waals surface area contributed by atoms with Crippen LogP contribution in [0.15, 0.2) is 40.9 Å². The predicted octanol–water partition coefficient (Wildman–Crippen LogP) is 4.48. The Morgan fingerprint density at radius 2 is 2.00 bits per heavy atom. The Kier molecular flexibility index (Phi) is 4.22. The molecular weight excluding hydrogens is 335 g/mol. The summed E-state index contributed by atoms with van der Waals surface area (Å²) in [7, 11) is 1.47. The monoisotopic (exact) mass is 342 g/mol. The molecule has 0 saturated carbocycles. The van der Waals surface area contributed by atoms with E-state index in [1.165, 1.54) is 19.2 Å². The lowest BCUT2D eigenvalue weighted by atomic mass is 10.0. The van der Waals surface area contributed by atoms with Gasteiger partial charge in [0.15, 0.2) is 5.78 Å². The summed E-state index contributed by atoms with van der Waals surface area (Å²) in [5.41, 5.74) is 0.580. The molecule has 2 rings (SSSR count). The molecule has 2 aromatic rings. The number of halogens is 3. The maximum Gasteiger partial charge on any atom is 0.196 e. The number of carbonyl (C=O) groups excluding carboxylic acids is 1. The van der Waals surface area contributed by atoms with E-state index in [2.05, 4.69) is 15.9 Å². The van der Waals surface area contributed by atoms with Crippen molar-refractivity contribution in [2.24, 2.45) is 0 Å². The van der Waals surface area contributed by atoms with Gasteiger partial charge in [0.05, 0.1) is 17.7 Å². The molecule has 0 N–H and O–H groups in total. The zero-order chi connectivity index (χ0) is 14.0. The fraction of sp³-hybridized carbons (Fsp3) is 0.0714. The quantitative estimate of drug-likeness (QED) is 0.768. The van der Waals surface area contributed by atoms with E-state index in [-0.39, 0.29) is 16.4 Å². The molecule has 5 heteroatoms. The number of carbonyl (C=O) groups is 1. The molecule has 98 valence electrons. The van der Waals surface area contributed by atoms with Gasteiger partial charge >= 0.3 is 0 Å². The number of rotatable bonds is 3. The second-order valence-corrected chi connectivity index (χ2v) is 5.13. The van der Waals surface area contributed by atoms with Gasteiger partial charge in [-0.2, -0.15) is 0 Å². The van der Waals surface area contributed by atoms with Crippen molar-refractivity contribution in [2.45, 2.75) is 0 Å². The zero-order valence-corrected chi connectivity index (χ0v) is 12.3. The molecule has 0 unspecified atom stereocenters. The maximum absolute atomic E-state index is 13.4. The van der Waals surface area contributed by atoms with Gasteiger partial charge < -0.3 is 4.74 Å². The predicted molar refractivity (Wildman–Crippen MR) is 75.5 cm³/mol. The molecule has 0 heterocycles. The van der Waals surface area contributed by atoms with Crippen molar-refractivity contribution < 1.29 is 13.9 Å². The smallest absolute Gasteiger partial charge is 0.196 e. The van der Waals surface area contributed by atoms with Crippen molar-refractivity contribution >= 4 is 33.3 Å². The summed E-state index contributed by atoms with van der Waals surface area (Å²) < 4.78 is 19.3. The van der Waals surface area contributed by atoms with E-state index in [1.807, 2.05) is 0 Å². The molecule has 0 aliphatic rings. The highest BCUT2D eigenvalue weighted by Crippen LogP contribution is 2.26. The Hall–Kier alpha value is -1.39. The van der Waals surface area contributed by atoms with E-state index in [0.29, 0.717) is 11.3 Å². The summed E-state index contributed by atoms with van der Waals surface area (Å²) in [6.07, 6.45) is 0. The summed E-state index contributed by atoms with van der Waals surface area (Å²) in [6, 6.07) is 9.02. The van der Waals surface area contributed by atoms with E-state index >= 15 is 0 Å². The first-order chi connectivity index (χ1) is 9.02. The third-order valence-electron chi connectivity index (χ3n) is 2.59. The summed E-state index contributed by atoms with van der Waals surface area (Å²) in [6.45, 7) is 0. The molecule has 0 bridgehead atoms. The second kappa shape index (κ2) is 5.72. The van der Waals surface area contributed by atoms with Gasteiger partial charge in [0.25, 0.3) is 0 Å². The Morgan fingerprint density at radius 3 is 2.63 bits per heavy atom. The van der Waals surface area contributed by atoms with Crippen molar-refractivity contribution in [1.82, 2.24) is 0 Å². The van der Waals surface area contributed by atoms with Gasteiger partial charge in [0.1, 0.15) is 11.6 Å². The molecule has 0 spiro atoms. The van der Waals surface area contributed by atoms with Crippen molar-refractivity contribution in [1.29, 1.82) is 0 Å². The molecule has 0 aliphatic heterocycles. The number of methoxy groups -OCH3 is 1. The molecule has 0 fully saturated rings. The minimum atomic E-state index is -0.624. The molecule has 19 heavy (non-hydrogen) atoms. The summed E-state index contributed by atoms with van der Waals surface area (Å²) in [5, 5.41) is -0.0160. The fourth-order valence-corrected chi connectivity index (χ4v) is 2.13. The van der Waals surface area contributed by atoms with E-state index in [9.17, 15) is 9.18 Å². The van der Waals surface area contributed by atoms with Crippen molar-refractivity contribution in [2.75, 3.05) is 7.11 Å². The highest BCUT2D eigenvalue weighted by atomic mass is 79.9. The summed E-state index contributed by atoms with van der Waals surface area (Å²) >= 11 is 8.89. The topological polar surface area (TPSA) is 26.3 Å². The van der Waals surface area contributed by atoms with Gasteiger partial charge in [-0.15, -0.1) is 0 Å². The van der Waals surface area contributed by atoms with Crippen LogP contribution < -0.4 is 4.74 Å². The third kappa shape index (κ3) is 2.96. The first-order valence-electron chi connectivity index (χ1n) is 5.36. The standard InChI is InChI=1S/C14H9BrClFO2/c1-19-13-5-3-9(15)7-10(13)14(18)8-2-4-11(16)12(17)6-8/h2-7H,1H3. The van der Waals surface area contributed by atoms with Crippen molar-refractivity contribution in [3.63, 3.8) is 0 Å². The van der Waals surface area contributed by atoms with Crippen LogP contribution in [0.4, 0.5) is 4.39 Å². The lowest BCUT2D eigenvalue weighted by molar-refractivity contribution is 0.103. The highest BCUT2D eigenvalue weighted by molar-refractivity contribution is 9.10. The number of ketones is 1.